The number of piperidine rings is 1. The van der Waals surface area contributed by atoms with Crippen LogP contribution in [0.1, 0.15) is 50.9 Å². The van der Waals surface area contributed by atoms with Crippen molar-refractivity contribution in [3.05, 3.63) is 16.3 Å². The molecule has 1 fully saturated rings. The summed E-state index contributed by atoms with van der Waals surface area (Å²) in [5.74, 6) is 0.887. The van der Waals surface area contributed by atoms with Crippen LogP contribution < -0.4 is 11.0 Å². The van der Waals surface area contributed by atoms with Crippen LogP contribution in [-0.2, 0) is 6.54 Å². The van der Waals surface area contributed by atoms with Crippen LogP contribution in [0.4, 0.5) is 0 Å². The van der Waals surface area contributed by atoms with E-state index in [0.717, 1.165) is 38.2 Å². The quantitative estimate of drug-likeness (QED) is 0.807. The molecule has 0 bridgehead atoms. The Bertz CT molecular complexity index is 376. The normalized spacial score (nSPS) is 21.2. The standard InChI is InChI=1S/C11H20N4O/c1-2-3-8-15-10(13-14-11(15)16)9-6-4-5-7-12-9/h9,12H,2-8H2,1H3,(H,14,16). The third kappa shape index (κ3) is 2.35. The first-order valence-corrected chi connectivity index (χ1v) is 6.21. The first-order valence-electron chi connectivity index (χ1n) is 6.21. The molecule has 0 radical (unpaired) electrons. The summed E-state index contributed by atoms with van der Waals surface area (Å²) in [6.07, 6.45) is 5.64. The van der Waals surface area contributed by atoms with Crippen molar-refractivity contribution in [1.82, 2.24) is 20.1 Å². The number of aromatic nitrogens is 3. The SMILES string of the molecule is CCCCn1c(C2CCCCN2)n[nH]c1=O. The zero-order valence-electron chi connectivity index (χ0n) is 9.83. The second kappa shape index (κ2) is 5.30. The van der Waals surface area contributed by atoms with Gasteiger partial charge in [-0.2, -0.15) is 5.10 Å². The second-order valence-corrected chi connectivity index (χ2v) is 4.39. The van der Waals surface area contributed by atoms with Crippen molar-refractivity contribution < 1.29 is 0 Å². The Morgan fingerprint density at radius 2 is 2.38 bits per heavy atom. The summed E-state index contributed by atoms with van der Waals surface area (Å²) in [7, 11) is 0. The predicted octanol–water partition coefficient (Wildman–Crippen LogP) is 1.19. The van der Waals surface area contributed by atoms with Crippen molar-refractivity contribution >= 4 is 0 Å². The fraction of sp³-hybridized carbons (Fsp3) is 0.818. The zero-order valence-corrected chi connectivity index (χ0v) is 9.83. The van der Waals surface area contributed by atoms with Gasteiger partial charge in [0.1, 0.15) is 0 Å². The van der Waals surface area contributed by atoms with E-state index < -0.39 is 0 Å². The van der Waals surface area contributed by atoms with Gasteiger partial charge in [-0.1, -0.05) is 19.8 Å². The highest BCUT2D eigenvalue weighted by atomic mass is 16.1. The van der Waals surface area contributed by atoms with Crippen molar-refractivity contribution in [3.63, 3.8) is 0 Å². The van der Waals surface area contributed by atoms with Gasteiger partial charge in [-0.25, -0.2) is 9.89 Å². The number of H-pyrrole nitrogens is 1. The Morgan fingerprint density at radius 3 is 3.06 bits per heavy atom. The smallest absolute Gasteiger partial charge is 0.307 e. The lowest BCUT2D eigenvalue weighted by atomic mass is 10.0. The second-order valence-electron chi connectivity index (χ2n) is 4.39. The number of rotatable bonds is 4. The molecular weight excluding hydrogens is 204 g/mol. The van der Waals surface area contributed by atoms with Crippen LogP contribution in [0.3, 0.4) is 0 Å². The minimum atomic E-state index is -0.0733. The highest BCUT2D eigenvalue weighted by Crippen LogP contribution is 2.20. The molecule has 0 saturated carbocycles. The lowest BCUT2D eigenvalue weighted by Crippen LogP contribution is -2.31. The fourth-order valence-electron chi connectivity index (χ4n) is 2.20. The third-order valence-corrected chi connectivity index (χ3v) is 3.15. The van der Waals surface area contributed by atoms with Gasteiger partial charge in [-0.05, 0) is 25.8 Å². The molecule has 2 heterocycles. The highest BCUT2D eigenvalue weighted by molar-refractivity contribution is 4.96. The summed E-state index contributed by atoms with van der Waals surface area (Å²) in [6, 6.07) is 0.254. The van der Waals surface area contributed by atoms with Crippen molar-refractivity contribution in [3.8, 4) is 0 Å². The van der Waals surface area contributed by atoms with E-state index in [1.807, 2.05) is 0 Å². The van der Waals surface area contributed by atoms with E-state index in [2.05, 4.69) is 22.4 Å². The van der Waals surface area contributed by atoms with Crippen molar-refractivity contribution in [2.45, 2.75) is 51.6 Å². The molecule has 16 heavy (non-hydrogen) atoms. The number of aromatic amines is 1. The van der Waals surface area contributed by atoms with Gasteiger partial charge in [0.05, 0.1) is 6.04 Å². The van der Waals surface area contributed by atoms with E-state index in [1.54, 1.807) is 4.57 Å². The van der Waals surface area contributed by atoms with Gasteiger partial charge in [-0.3, -0.25) is 4.57 Å². The molecule has 1 aromatic rings. The lowest BCUT2D eigenvalue weighted by Gasteiger charge is -2.22. The van der Waals surface area contributed by atoms with Gasteiger partial charge in [0.2, 0.25) is 0 Å². The molecule has 0 spiro atoms. The molecule has 0 aromatic carbocycles. The minimum Gasteiger partial charge on any atom is -0.307 e. The average molecular weight is 224 g/mol. The van der Waals surface area contributed by atoms with Crippen LogP contribution in [0.2, 0.25) is 0 Å². The number of hydrogen-bond acceptors (Lipinski definition) is 3. The van der Waals surface area contributed by atoms with Gasteiger partial charge >= 0.3 is 5.69 Å². The molecule has 0 amide bonds. The van der Waals surface area contributed by atoms with Crippen molar-refractivity contribution in [2.24, 2.45) is 0 Å². The summed E-state index contributed by atoms with van der Waals surface area (Å²) in [6.45, 7) is 3.93. The van der Waals surface area contributed by atoms with Crippen molar-refractivity contribution in [1.29, 1.82) is 0 Å². The van der Waals surface area contributed by atoms with Gasteiger partial charge < -0.3 is 5.32 Å². The summed E-state index contributed by atoms with van der Waals surface area (Å²) < 4.78 is 1.78. The maximum atomic E-state index is 11.6. The van der Waals surface area contributed by atoms with Crippen LogP contribution in [0.25, 0.3) is 0 Å². The Labute approximate surface area is 95.2 Å². The van der Waals surface area contributed by atoms with E-state index in [4.69, 9.17) is 0 Å². The summed E-state index contributed by atoms with van der Waals surface area (Å²) in [5, 5.41) is 10.1. The van der Waals surface area contributed by atoms with E-state index in [-0.39, 0.29) is 11.7 Å². The molecular formula is C11H20N4O. The van der Waals surface area contributed by atoms with Gasteiger partial charge in [0, 0.05) is 6.54 Å². The molecule has 0 aliphatic carbocycles. The Balaban J connectivity index is 2.15. The number of nitrogens with one attached hydrogen (secondary N) is 2. The first kappa shape index (κ1) is 11.4. The van der Waals surface area contributed by atoms with Crippen molar-refractivity contribution in [2.75, 3.05) is 6.54 Å². The van der Waals surface area contributed by atoms with E-state index in [9.17, 15) is 4.79 Å². The lowest BCUT2D eigenvalue weighted by molar-refractivity contribution is 0.381. The van der Waals surface area contributed by atoms with E-state index in [1.165, 1.54) is 12.8 Å². The van der Waals surface area contributed by atoms with Crippen LogP contribution >= 0.6 is 0 Å². The monoisotopic (exact) mass is 224 g/mol. The maximum absolute atomic E-state index is 11.6. The van der Waals surface area contributed by atoms with E-state index in [0.29, 0.717) is 0 Å². The molecule has 1 aliphatic rings. The number of hydrogen-bond donors (Lipinski definition) is 2. The third-order valence-electron chi connectivity index (χ3n) is 3.15. The Kier molecular flexibility index (Phi) is 3.77. The number of unbranched alkanes of at least 4 members (excludes halogenated alkanes) is 1. The summed E-state index contributed by atoms with van der Waals surface area (Å²) >= 11 is 0. The average Bonchev–Trinajstić information content (AvgIpc) is 2.69. The van der Waals surface area contributed by atoms with Crippen LogP contribution in [0.5, 0.6) is 0 Å². The first-order chi connectivity index (χ1) is 7.83. The van der Waals surface area contributed by atoms with Gasteiger partial charge in [-0.15, -0.1) is 0 Å². The van der Waals surface area contributed by atoms with Gasteiger partial charge in [0.25, 0.3) is 0 Å². The van der Waals surface area contributed by atoms with Crippen LogP contribution in [0, 0.1) is 0 Å². The Hall–Kier alpha value is -1.10. The summed E-state index contributed by atoms with van der Waals surface area (Å²) in [5.41, 5.74) is -0.0733. The molecule has 1 aliphatic heterocycles. The van der Waals surface area contributed by atoms with Gasteiger partial charge in [0.15, 0.2) is 5.82 Å². The number of nitrogens with zero attached hydrogens (tertiary/aromatic N) is 2. The predicted molar refractivity (Wildman–Crippen MR) is 62.4 cm³/mol. The van der Waals surface area contributed by atoms with Crippen LogP contribution in [-0.4, -0.2) is 21.3 Å². The zero-order chi connectivity index (χ0) is 11.4. The molecule has 1 unspecified atom stereocenters. The molecule has 1 aromatic heterocycles. The molecule has 5 heteroatoms. The van der Waals surface area contributed by atoms with Crippen LogP contribution in [0.15, 0.2) is 4.79 Å². The topological polar surface area (TPSA) is 62.7 Å². The molecule has 2 rings (SSSR count). The molecule has 2 N–H and O–H groups in total. The maximum Gasteiger partial charge on any atom is 0.343 e. The fourth-order valence-corrected chi connectivity index (χ4v) is 2.20. The minimum absolute atomic E-state index is 0.0733. The highest BCUT2D eigenvalue weighted by Gasteiger charge is 2.20. The van der Waals surface area contributed by atoms with E-state index >= 15 is 0 Å². The molecule has 5 nitrogen and oxygen atoms in total. The molecule has 1 saturated heterocycles. The molecule has 1 atom stereocenters. The Morgan fingerprint density at radius 1 is 1.50 bits per heavy atom. The largest absolute Gasteiger partial charge is 0.343 e. The molecule has 90 valence electrons. The summed E-state index contributed by atoms with van der Waals surface area (Å²) in [4.78, 5) is 11.6.